The third-order valence-electron chi connectivity index (χ3n) is 5.09. The number of ether oxygens (including phenoxy) is 1. The number of hydrogen-bond donors (Lipinski definition) is 1. The summed E-state index contributed by atoms with van der Waals surface area (Å²) in [7, 11) is 1.68. The first kappa shape index (κ1) is 19.6. The largest absolute Gasteiger partial charge is 0.383 e. The van der Waals surface area contributed by atoms with Crippen molar-refractivity contribution in [2.45, 2.75) is 45.3 Å². The van der Waals surface area contributed by atoms with E-state index in [2.05, 4.69) is 27.3 Å². The Kier molecular flexibility index (Phi) is 7.42. The number of likely N-dealkylation sites (tertiary alicyclic amines) is 1. The Balaban J connectivity index is 1.51. The molecule has 2 heterocycles. The maximum Gasteiger partial charge on any atom is 0.251 e. The van der Waals surface area contributed by atoms with E-state index in [4.69, 9.17) is 4.74 Å². The van der Waals surface area contributed by atoms with Crippen LogP contribution < -0.4 is 5.32 Å². The van der Waals surface area contributed by atoms with E-state index in [1.807, 2.05) is 16.7 Å². The van der Waals surface area contributed by atoms with Crippen molar-refractivity contribution >= 4 is 5.91 Å². The van der Waals surface area contributed by atoms with Gasteiger partial charge in [-0.3, -0.25) is 9.69 Å². The first-order valence-electron chi connectivity index (χ1n) is 9.83. The van der Waals surface area contributed by atoms with E-state index < -0.39 is 0 Å². The predicted octanol–water partition coefficient (Wildman–Crippen LogP) is 2.84. The van der Waals surface area contributed by atoms with Gasteiger partial charge in [0.25, 0.3) is 5.91 Å². The van der Waals surface area contributed by atoms with Gasteiger partial charge in [0, 0.05) is 32.0 Å². The molecule has 2 aromatic rings. The van der Waals surface area contributed by atoms with E-state index in [1.54, 1.807) is 19.6 Å². The lowest BCUT2D eigenvalue weighted by atomic mass is 10.1. The summed E-state index contributed by atoms with van der Waals surface area (Å²) < 4.78 is 7.09. The van der Waals surface area contributed by atoms with E-state index in [0.717, 1.165) is 18.8 Å². The van der Waals surface area contributed by atoms with Crippen LogP contribution in [0.2, 0.25) is 0 Å². The lowest BCUT2D eigenvalue weighted by Crippen LogP contribution is -2.25. The minimum atomic E-state index is -0.0594. The van der Waals surface area contributed by atoms with Crippen molar-refractivity contribution in [3.05, 3.63) is 53.6 Å². The molecule has 6 nitrogen and oxygen atoms in total. The van der Waals surface area contributed by atoms with Crippen molar-refractivity contribution in [2.75, 3.05) is 26.8 Å². The van der Waals surface area contributed by atoms with E-state index in [0.29, 0.717) is 18.7 Å². The SMILES string of the molecule is COCCn1cncc1CNC(=O)c1ccc(CN2CCCCCC2)cc1. The van der Waals surface area contributed by atoms with Gasteiger partial charge in [0.05, 0.1) is 25.2 Å². The zero-order chi connectivity index (χ0) is 18.9. The highest BCUT2D eigenvalue weighted by Gasteiger charge is 2.11. The number of hydrogen-bond acceptors (Lipinski definition) is 4. The normalized spacial score (nSPS) is 15.4. The summed E-state index contributed by atoms with van der Waals surface area (Å²) in [6, 6.07) is 7.99. The summed E-state index contributed by atoms with van der Waals surface area (Å²) in [5.41, 5.74) is 2.93. The maximum absolute atomic E-state index is 12.4. The smallest absolute Gasteiger partial charge is 0.251 e. The molecule has 6 heteroatoms. The molecule has 1 saturated heterocycles. The number of imidazole rings is 1. The molecule has 0 aliphatic carbocycles. The molecular formula is C21H30N4O2. The van der Waals surface area contributed by atoms with Crippen molar-refractivity contribution in [1.29, 1.82) is 0 Å². The quantitative estimate of drug-likeness (QED) is 0.776. The summed E-state index contributed by atoms with van der Waals surface area (Å²) in [5, 5.41) is 2.98. The third-order valence-corrected chi connectivity index (χ3v) is 5.09. The van der Waals surface area contributed by atoms with Crippen LogP contribution in [0.3, 0.4) is 0 Å². The highest BCUT2D eigenvalue weighted by Crippen LogP contribution is 2.14. The van der Waals surface area contributed by atoms with Crippen molar-refractivity contribution < 1.29 is 9.53 Å². The second-order valence-corrected chi connectivity index (χ2v) is 7.14. The number of aromatic nitrogens is 2. The molecule has 0 radical (unpaired) electrons. The molecule has 1 fully saturated rings. The van der Waals surface area contributed by atoms with Gasteiger partial charge in [0.2, 0.25) is 0 Å². The molecule has 0 saturated carbocycles. The van der Waals surface area contributed by atoms with Crippen molar-refractivity contribution in [3.63, 3.8) is 0 Å². The first-order valence-corrected chi connectivity index (χ1v) is 9.83. The van der Waals surface area contributed by atoms with Crippen LogP contribution in [0, 0.1) is 0 Å². The Morgan fingerprint density at radius 1 is 1.15 bits per heavy atom. The molecule has 1 aliphatic heterocycles. The van der Waals surface area contributed by atoms with E-state index in [9.17, 15) is 4.79 Å². The zero-order valence-corrected chi connectivity index (χ0v) is 16.2. The molecule has 0 unspecified atom stereocenters. The second-order valence-electron chi connectivity index (χ2n) is 7.14. The molecule has 27 heavy (non-hydrogen) atoms. The van der Waals surface area contributed by atoms with Crippen molar-refractivity contribution in [3.8, 4) is 0 Å². The maximum atomic E-state index is 12.4. The Hall–Kier alpha value is -2.18. The fraction of sp³-hybridized carbons (Fsp3) is 0.524. The molecular weight excluding hydrogens is 340 g/mol. The van der Waals surface area contributed by atoms with Crippen LogP contribution in [0.5, 0.6) is 0 Å². The van der Waals surface area contributed by atoms with Gasteiger partial charge in [0.15, 0.2) is 0 Å². The Bertz CT molecular complexity index is 703. The summed E-state index contributed by atoms with van der Waals surface area (Å²) in [6.07, 6.45) is 8.82. The molecule has 0 atom stereocenters. The first-order chi connectivity index (χ1) is 13.3. The zero-order valence-electron chi connectivity index (χ0n) is 16.2. The number of rotatable bonds is 8. The Labute approximate surface area is 161 Å². The lowest BCUT2D eigenvalue weighted by molar-refractivity contribution is 0.0950. The monoisotopic (exact) mass is 370 g/mol. The highest BCUT2D eigenvalue weighted by molar-refractivity contribution is 5.94. The lowest BCUT2D eigenvalue weighted by Gasteiger charge is -2.19. The number of benzene rings is 1. The fourth-order valence-electron chi connectivity index (χ4n) is 3.47. The van der Waals surface area contributed by atoms with Crippen LogP contribution in [-0.2, 0) is 24.4 Å². The van der Waals surface area contributed by atoms with Crippen molar-refractivity contribution in [2.24, 2.45) is 0 Å². The topological polar surface area (TPSA) is 59.4 Å². The number of methoxy groups -OCH3 is 1. The van der Waals surface area contributed by atoms with Gasteiger partial charge < -0.3 is 14.6 Å². The van der Waals surface area contributed by atoms with Gasteiger partial charge in [-0.1, -0.05) is 25.0 Å². The van der Waals surface area contributed by atoms with Gasteiger partial charge in [0.1, 0.15) is 0 Å². The van der Waals surface area contributed by atoms with Gasteiger partial charge in [-0.2, -0.15) is 0 Å². The number of nitrogens with one attached hydrogen (secondary N) is 1. The van der Waals surface area contributed by atoms with E-state index in [1.165, 1.54) is 44.3 Å². The van der Waals surface area contributed by atoms with Crippen LogP contribution in [0.25, 0.3) is 0 Å². The highest BCUT2D eigenvalue weighted by atomic mass is 16.5. The molecule has 1 amide bonds. The summed E-state index contributed by atoms with van der Waals surface area (Å²) in [4.78, 5) is 19.1. The summed E-state index contributed by atoms with van der Waals surface area (Å²) >= 11 is 0. The van der Waals surface area contributed by atoms with Gasteiger partial charge in [-0.15, -0.1) is 0 Å². The number of carbonyl (C=O) groups is 1. The number of amides is 1. The average molecular weight is 370 g/mol. The van der Waals surface area contributed by atoms with Gasteiger partial charge in [-0.25, -0.2) is 4.98 Å². The number of nitrogens with zero attached hydrogens (tertiary/aromatic N) is 3. The van der Waals surface area contributed by atoms with Crippen LogP contribution in [0.1, 0.15) is 47.3 Å². The summed E-state index contributed by atoms with van der Waals surface area (Å²) in [6.45, 7) is 5.14. The van der Waals surface area contributed by atoms with Gasteiger partial charge >= 0.3 is 0 Å². The molecule has 1 aliphatic rings. The molecule has 1 N–H and O–H groups in total. The van der Waals surface area contributed by atoms with Crippen LogP contribution in [0.4, 0.5) is 0 Å². The molecule has 146 valence electrons. The average Bonchev–Trinajstić information content (AvgIpc) is 2.99. The van der Waals surface area contributed by atoms with E-state index in [-0.39, 0.29) is 5.91 Å². The minimum Gasteiger partial charge on any atom is -0.383 e. The molecule has 1 aromatic heterocycles. The Morgan fingerprint density at radius 3 is 2.59 bits per heavy atom. The second kappa shape index (κ2) is 10.2. The minimum absolute atomic E-state index is 0.0594. The third kappa shape index (κ3) is 5.91. The molecule has 0 spiro atoms. The summed E-state index contributed by atoms with van der Waals surface area (Å²) in [5.74, 6) is -0.0594. The molecule has 3 rings (SSSR count). The van der Waals surface area contributed by atoms with Crippen LogP contribution in [-0.4, -0.2) is 47.2 Å². The Morgan fingerprint density at radius 2 is 1.89 bits per heavy atom. The van der Waals surface area contributed by atoms with E-state index >= 15 is 0 Å². The standard InChI is InChI=1S/C21H30N4O2/c1-27-13-12-25-17-22-14-20(25)15-23-21(26)19-8-6-18(7-9-19)16-24-10-4-2-3-5-11-24/h6-9,14,17H,2-5,10-13,15-16H2,1H3,(H,23,26). The number of carbonyl (C=O) groups excluding carboxylic acids is 1. The van der Waals surface area contributed by atoms with Gasteiger partial charge in [-0.05, 0) is 43.6 Å². The van der Waals surface area contributed by atoms with Crippen LogP contribution >= 0.6 is 0 Å². The molecule has 1 aromatic carbocycles. The predicted molar refractivity (Wildman–Crippen MR) is 105 cm³/mol. The van der Waals surface area contributed by atoms with Crippen molar-refractivity contribution in [1.82, 2.24) is 19.8 Å². The molecule has 0 bridgehead atoms. The fourth-order valence-corrected chi connectivity index (χ4v) is 3.47. The van der Waals surface area contributed by atoms with Crippen LogP contribution in [0.15, 0.2) is 36.8 Å².